The predicted octanol–water partition coefficient (Wildman–Crippen LogP) is -3.59. The van der Waals surface area contributed by atoms with E-state index in [1.165, 1.54) is 19.2 Å². The summed E-state index contributed by atoms with van der Waals surface area (Å²) in [6.45, 7) is -2.39. The average molecular weight is 697 g/mol. The molecule has 49 heavy (non-hydrogen) atoms. The average Bonchev–Trinajstić information content (AvgIpc) is 3.11. The first kappa shape index (κ1) is 37.6. The summed E-state index contributed by atoms with van der Waals surface area (Å²) in [5, 5.41) is 128. The van der Waals surface area contributed by atoms with E-state index in [0.29, 0.717) is 11.3 Å². The standard InChI is InChI=1S/C33H44O16/c1-46-15-7-3-13(4-8-15)2-5-14-6-9-16(31-28(43)25(40)22(37)17(10-34)47-31)21(33-30(45)27(42)24(39)19(12-36)49-33)20(14)32-29(44)26(41)23(38)18(11-35)48-32/h2-9,17-19,22-45H,10-12H2,1H3/b5-2+/t17-,18-,19-,22-,23-,24-,25+,26+,27+,28-,29-,30-,31?,32?,33?/m1/s1. The van der Waals surface area contributed by atoms with Crippen molar-refractivity contribution in [3.63, 3.8) is 0 Å². The van der Waals surface area contributed by atoms with E-state index in [2.05, 4.69) is 0 Å². The summed E-state index contributed by atoms with van der Waals surface area (Å²) in [5.41, 5.74) is 0.645. The van der Waals surface area contributed by atoms with E-state index in [9.17, 15) is 61.3 Å². The van der Waals surface area contributed by atoms with Gasteiger partial charge in [0.15, 0.2) is 0 Å². The van der Waals surface area contributed by atoms with E-state index in [4.69, 9.17) is 18.9 Å². The summed E-state index contributed by atoms with van der Waals surface area (Å²) in [6, 6.07) is 9.79. The van der Waals surface area contributed by atoms with Gasteiger partial charge in [0, 0.05) is 0 Å². The summed E-state index contributed by atoms with van der Waals surface area (Å²) >= 11 is 0. The Bertz CT molecular complexity index is 1420. The number of aliphatic hydroxyl groups is 12. The van der Waals surface area contributed by atoms with Gasteiger partial charge in [0.25, 0.3) is 0 Å². The van der Waals surface area contributed by atoms with Crippen LogP contribution in [0.5, 0.6) is 5.75 Å². The molecule has 16 nitrogen and oxygen atoms in total. The van der Waals surface area contributed by atoms with Crippen LogP contribution in [0.1, 0.15) is 46.1 Å². The fraction of sp³-hybridized carbons (Fsp3) is 0.576. The Balaban J connectivity index is 1.78. The summed E-state index contributed by atoms with van der Waals surface area (Å²) < 4.78 is 23.0. The van der Waals surface area contributed by atoms with Crippen molar-refractivity contribution in [1.82, 2.24) is 0 Å². The molecule has 3 heterocycles. The molecule has 3 aliphatic heterocycles. The highest BCUT2D eigenvalue weighted by atomic mass is 16.6. The normalized spacial score (nSPS) is 40.1. The number of rotatable bonds is 9. The number of ether oxygens (including phenoxy) is 4. The topological polar surface area (TPSA) is 280 Å². The molecular formula is C33H44O16. The second-order valence-electron chi connectivity index (χ2n) is 12.4. The van der Waals surface area contributed by atoms with Crippen LogP contribution in [-0.2, 0) is 14.2 Å². The first-order valence-electron chi connectivity index (χ1n) is 15.8. The second-order valence-corrected chi connectivity index (χ2v) is 12.4. The van der Waals surface area contributed by atoms with Gasteiger partial charge >= 0.3 is 0 Å². The highest BCUT2D eigenvalue weighted by Crippen LogP contribution is 2.47. The van der Waals surface area contributed by atoms with Crippen LogP contribution in [0.4, 0.5) is 0 Å². The zero-order valence-corrected chi connectivity index (χ0v) is 26.4. The van der Waals surface area contributed by atoms with Crippen molar-refractivity contribution >= 4 is 12.2 Å². The molecular weight excluding hydrogens is 652 g/mol. The van der Waals surface area contributed by atoms with Crippen LogP contribution >= 0.6 is 0 Å². The van der Waals surface area contributed by atoms with E-state index < -0.39 is 111 Å². The lowest BCUT2D eigenvalue weighted by Crippen LogP contribution is -2.57. The first-order valence-corrected chi connectivity index (χ1v) is 15.8. The molecule has 12 N–H and O–H groups in total. The quantitative estimate of drug-likeness (QED) is 0.113. The zero-order chi connectivity index (χ0) is 35.7. The van der Waals surface area contributed by atoms with Crippen molar-refractivity contribution in [3.8, 4) is 5.75 Å². The Kier molecular flexibility index (Phi) is 12.1. The van der Waals surface area contributed by atoms with E-state index >= 15 is 0 Å². The molecule has 0 aliphatic carbocycles. The molecule has 272 valence electrons. The lowest BCUT2D eigenvalue weighted by atomic mass is 9.77. The van der Waals surface area contributed by atoms with Crippen LogP contribution < -0.4 is 4.74 Å². The number of hydrogen-bond donors (Lipinski definition) is 12. The van der Waals surface area contributed by atoms with Crippen molar-refractivity contribution in [2.45, 2.75) is 91.6 Å². The zero-order valence-electron chi connectivity index (χ0n) is 26.4. The van der Waals surface area contributed by atoms with E-state index in [-0.39, 0.29) is 22.3 Å². The van der Waals surface area contributed by atoms with Crippen LogP contribution in [0.2, 0.25) is 0 Å². The minimum atomic E-state index is -1.94. The van der Waals surface area contributed by atoms with Crippen LogP contribution in [0.15, 0.2) is 36.4 Å². The van der Waals surface area contributed by atoms with Crippen molar-refractivity contribution in [2.24, 2.45) is 0 Å². The molecule has 0 amide bonds. The molecule has 15 atom stereocenters. The van der Waals surface area contributed by atoms with Gasteiger partial charge in [-0.05, 0) is 39.9 Å². The third-order valence-electron chi connectivity index (χ3n) is 9.48. The van der Waals surface area contributed by atoms with Gasteiger partial charge in [-0.2, -0.15) is 0 Å². The van der Waals surface area contributed by atoms with Gasteiger partial charge in [-0.15, -0.1) is 0 Å². The molecule has 5 rings (SSSR count). The van der Waals surface area contributed by atoms with Crippen molar-refractivity contribution < 1.29 is 80.2 Å². The van der Waals surface area contributed by atoms with Gasteiger partial charge in [0.05, 0.1) is 26.9 Å². The van der Waals surface area contributed by atoms with Crippen LogP contribution in [0.3, 0.4) is 0 Å². The Labute approximate surface area is 280 Å². The summed E-state index contributed by atoms with van der Waals surface area (Å²) in [5.74, 6) is 0.591. The van der Waals surface area contributed by atoms with Crippen LogP contribution in [-0.4, -0.2) is 161 Å². The molecule has 0 aromatic heterocycles. The van der Waals surface area contributed by atoms with Crippen LogP contribution in [0.25, 0.3) is 12.2 Å². The summed E-state index contributed by atoms with van der Waals surface area (Å²) in [4.78, 5) is 0. The highest BCUT2D eigenvalue weighted by Gasteiger charge is 2.52. The minimum Gasteiger partial charge on any atom is -0.497 e. The molecule has 3 aliphatic rings. The molecule has 3 unspecified atom stereocenters. The maximum atomic E-state index is 11.4. The van der Waals surface area contributed by atoms with Crippen molar-refractivity contribution in [2.75, 3.05) is 26.9 Å². The number of methoxy groups -OCH3 is 1. The summed E-state index contributed by atoms with van der Waals surface area (Å²) in [7, 11) is 1.51. The molecule has 3 saturated heterocycles. The van der Waals surface area contributed by atoms with Crippen LogP contribution in [0, 0.1) is 0 Å². The van der Waals surface area contributed by atoms with E-state index in [1.54, 1.807) is 36.4 Å². The summed E-state index contributed by atoms with van der Waals surface area (Å²) in [6.07, 6.45) is -22.4. The minimum absolute atomic E-state index is 0.0551. The Morgan fingerprint density at radius 1 is 0.510 bits per heavy atom. The third kappa shape index (κ3) is 7.14. The van der Waals surface area contributed by atoms with Gasteiger partial charge in [-0.1, -0.05) is 36.4 Å². The molecule has 0 radical (unpaired) electrons. The first-order chi connectivity index (χ1) is 23.4. The number of aliphatic hydroxyl groups excluding tert-OH is 12. The highest BCUT2D eigenvalue weighted by molar-refractivity contribution is 5.73. The maximum absolute atomic E-state index is 11.4. The smallest absolute Gasteiger partial charge is 0.118 e. The van der Waals surface area contributed by atoms with Gasteiger partial charge in [0.2, 0.25) is 0 Å². The number of benzene rings is 2. The van der Waals surface area contributed by atoms with Gasteiger partial charge < -0.3 is 80.2 Å². The van der Waals surface area contributed by atoms with Crippen molar-refractivity contribution in [3.05, 3.63) is 64.2 Å². The van der Waals surface area contributed by atoms with Gasteiger partial charge in [0.1, 0.15) is 97.3 Å². The monoisotopic (exact) mass is 696 g/mol. The van der Waals surface area contributed by atoms with Crippen molar-refractivity contribution in [1.29, 1.82) is 0 Å². The molecule has 0 saturated carbocycles. The largest absolute Gasteiger partial charge is 0.497 e. The lowest BCUT2D eigenvalue weighted by molar-refractivity contribution is -0.242. The Hall–Kier alpha value is -2.62. The molecule has 0 bridgehead atoms. The number of hydrogen-bond acceptors (Lipinski definition) is 16. The lowest BCUT2D eigenvalue weighted by Gasteiger charge is -2.46. The second kappa shape index (κ2) is 15.7. The maximum Gasteiger partial charge on any atom is 0.118 e. The third-order valence-corrected chi connectivity index (χ3v) is 9.48. The molecule has 16 heteroatoms. The SMILES string of the molecule is COc1ccc(/C=C/c2ccc(C3O[C@H](CO)[C@@H](O)[C@H](O)[C@H]3O)c(C3O[C@H](CO)[C@@H](O)[C@H](O)[C@H]3O)c2C2O[C@H](CO)[C@@H](O)[C@H](O)[C@H]2O)cc1. The van der Waals surface area contributed by atoms with Gasteiger partial charge in [-0.25, -0.2) is 0 Å². The molecule has 0 spiro atoms. The Morgan fingerprint density at radius 2 is 0.939 bits per heavy atom. The fourth-order valence-electron chi connectivity index (χ4n) is 6.64. The molecule has 3 fully saturated rings. The van der Waals surface area contributed by atoms with Gasteiger partial charge in [-0.3, -0.25) is 0 Å². The molecule has 2 aromatic carbocycles. The Morgan fingerprint density at radius 3 is 1.39 bits per heavy atom. The fourth-order valence-corrected chi connectivity index (χ4v) is 6.64. The van der Waals surface area contributed by atoms with E-state index in [1.807, 2.05) is 0 Å². The predicted molar refractivity (Wildman–Crippen MR) is 167 cm³/mol. The molecule has 2 aromatic rings. The van der Waals surface area contributed by atoms with E-state index in [0.717, 1.165) is 0 Å².